The monoisotopic (exact) mass is 248 g/mol. The molecule has 1 fully saturated rings. The molecule has 0 spiro atoms. The summed E-state index contributed by atoms with van der Waals surface area (Å²) in [6.07, 6.45) is 1.04. The molecule has 1 aromatic rings. The van der Waals surface area contributed by atoms with E-state index >= 15 is 0 Å². The summed E-state index contributed by atoms with van der Waals surface area (Å²) < 4.78 is 0. The number of likely N-dealkylation sites (N-methyl/N-ethyl adjacent to an activating group) is 1. The van der Waals surface area contributed by atoms with Crippen LogP contribution in [0.3, 0.4) is 0 Å². The van der Waals surface area contributed by atoms with E-state index in [9.17, 15) is 5.11 Å². The normalized spacial score (nSPS) is 24.9. The van der Waals surface area contributed by atoms with Gasteiger partial charge in [0.2, 0.25) is 0 Å². The van der Waals surface area contributed by atoms with Gasteiger partial charge >= 0.3 is 0 Å². The van der Waals surface area contributed by atoms with Gasteiger partial charge < -0.3 is 10.0 Å². The van der Waals surface area contributed by atoms with Crippen molar-refractivity contribution < 1.29 is 5.11 Å². The minimum absolute atomic E-state index is 0.0509. The third-order valence-corrected chi connectivity index (χ3v) is 4.18. The van der Waals surface area contributed by atoms with Gasteiger partial charge in [-0.1, -0.05) is 29.8 Å². The topological polar surface area (TPSA) is 26.7 Å². The molecule has 2 rings (SSSR count). The van der Waals surface area contributed by atoms with Crippen molar-refractivity contribution in [2.45, 2.75) is 25.4 Å². The van der Waals surface area contributed by atoms with Gasteiger partial charge in [0.1, 0.15) is 0 Å². The molecule has 1 saturated heterocycles. The maximum absolute atomic E-state index is 9.64. The Morgan fingerprint density at radius 1 is 1.28 bits per heavy atom. The molecule has 1 aliphatic heterocycles. The highest BCUT2D eigenvalue weighted by molar-refractivity contribution is 5.21. The molecule has 1 atom stereocenters. The van der Waals surface area contributed by atoms with Crippen molar-refractivity contribution in [1.29, 1.82) is 0 Å². The number of hydrogen-bond acceptors (Lipinski definition) is 3. The second-order valence-corrected chi connectivity index (χ2v) is 5.72. The van der Waals surface area contributed by atoms with Crippen LogP contribution in [0.4, 0.5) is 0 Å². The van der Waals surface area contributed by atoms with Crippen molar-refractivity contribution >= 4 is 0 Å². The van der Waals surface area contributed by atoms with Gasteiger partial charge in [0.05, 0.1) is 12.1 Å². The minimum atomic E-state index is -0.0509. The summed E-state index contributed by atoms with van der Waals surface area (Å²) in [6, 6.07) is 8.72. The first-order valence-electron chi connectivity index (χ1n) is 6.62. The van der Waals surface area contributed by atoms with E-state index < -0.39 is 0 Å². The first-order chi connectivity index (χ1) is 8.55. The molecule has 100 valence electrons. The van der Waals surface area contributed by atoms with Crippen molar-refractivity contribution in [3.63, 3.8) is 0 Å². The van der Waals surface area contributed by atoms with Crippen molar-refractivity contribution in [2.75, 3.05) is 33.8 Å². The van der Waals surface area contributed by atoms with Crippen LogP contribution in [0.15, 0.2) is 24.3 Å². The lowest BCUT2D eigenvalue weighted by atomic mass is 9.99. The molecule has 0 radical (unpaired) electrons. The fraction of sp³-hybridized carbons (Fsp3) is 0.600. The van der Waals surface area contributed by atoms with Crippen LogP contribution in [-0.4, -0.2) is 54.2 Å². The average Bonchev–Trinajstić information content (AvgIpc) is 2.77. The summed E-state index contributed by atoms with van der Waals surface area (Å²) in [6.45, 7) is 5.35. The zero-order valence-electron chi connectivity index (χ0n) is 11.7. The standard InChI is InChI=1S/C15H24N2O/c1-13-4-6-14(7-5-13)10-17-9-8-15(11-17,12-18)16(2)3/h4-7,18H,8-12H2,1-3H3. The van der Waals surface area contributed by atoms with Crippen LogP contribution in [-0.2, 0) is 6.54 Å². The SMILES string of the molecule is Cc1ccc(CN2CCC(CO)(N(C)C)C2)cc1. The summed E-state index contributed by atoms with van der Waals surface area (Å²) in [7, 11) is 4.12. The molecular weight excluding hydrogens is 224 g/mol. The molecule has 1 aromatic carbocycles. The van der Waals surface area contributed by atoms with E-state index in [1.165, 1.54) is 11.1 Å². The van der Waals surface area contributed by atoms with Gasteiger partial charge in [-0.3, -0.25) is 4.90 Å². The van der Waals surface area contributed by atoms with E-state index in [4.69, 9.17) is 0 Å². The van der Waals surface area contributed by atoms with E-state index in [2.05, 4.69) is 55.1 Å². The second kappa shape index (κ2) is 5.39. The zero-order chi connectivity index (χ0) is 13.2. The molecule has 0 amide bonds. The van der Waals surface area contributed by atoms with Crippen molar-refractivity contribution in [3.8, 4) is 0 Å². The lowest BCUT2D eigenvalue weighted by Gasteiger charge is -2.34. The quantitative estimate of drug-likeness (QED) is 0.874. The maximum Gasteiger partial charge on any atom is 0.0628 e. The Balaban J connectivity index is 1.99. The Hall–Kier alpha value is -0.900. The molecule has 1 heterocycles. The summed E-state index contributed by atoms with van der Waals surface area (Å²) in [5.74, 6) is 0. The van der Waals surface area contributed by atoms with E-state index in [0.717, 1.165) is 26.1 Å². The third-order valence-electron chi connectivity index (χ3n) is 4.18. The first kappa shape index (κ1) is 13.5. The number of aliphatic hydroxyl groups is 1. The van der Waals surface area contributed by atoms with Crippen LogP contribution in [0.1, 0.15) is 17.5 Å². The molecule has 3 heteroatoms. The number of benzene rings is 1. The van der Waals surface area contributed by atoms with E-state index in [0.29, 0.717) is 0 Å². The third kappa shape index (κ3) is 2.74. The Kier molecular flexibility index (Phi) is 4.05. The highest BCUT2D eigenvalue weighted by Gasteiger charge is 2.39. The fourth-order valence-electron chi connectivity index (χ4n) is 2.66. The van der Waals surface area contributed by atoms with Gasteiger partial charge in [-0.25, -0.2) is 0 Å². The molecule has 0 aliphatic carbocycles. The molecule has 3 nitrogen and oxygen atoms in total. The zero-order valence-corrected chi connectivity index (χ0v) is 11.7. The molecule has 0 aromatic heterocycles. The summed E-state index contributed by atoms with van der Waals surface area (Å²) in [4.78, 5) is 4.60. The van der Waals surface area contributed by atoms with Gasteiger partial charge in [0, 0.05) is 19.6 Å². The molecule has 1 aliphatic rings. The van der Waals surface area contributed by atoms with Crippen LogP contribution in [0.25, 0.3) is 0 Å². The van der Waals surface area contributed by atoms with Crippen LogP contribution in [0, 0.1) is 6.92 Å². The van der Waals surface area contributed by atoms with Crippen molar-refractivity contribution in [1.82, 2.24) is 9.80 Å². The van der Waals surface area contributed by atoms with E-state index in [-0.39, 0.29) is 12.1 Å². The lowest BCUT2D eigenvalue weighted by molar-refractivity contribution is 0.0736. The molecule has 1 unspecified atom stereocenters. The molecule has 18 heavy (non-hydrogen) atoms. The number of rotatable bonds is 4. The molecule has 0 saturated carbocycles. The van der Waals surface area contributed by atoms with Crippen molar-refractivity contribution in [3.05, 3.63) is 35.4 Å². The Morgan fingerprint density at radius 3 is 2.44 bits per heavy atom. The summed E-state index contributed by atoms with van der Waals surface area (Å²) >= 11 is 0. The minimum Gasteiger partial charge on any atom is -0.394 e. The van der Waals surface area contributed by atoms with Crippen LogP contribution in [0.2, 0.25) is 0 Å². The molecular formula is C15H24N2O. The number of aliphatic hydroxyl groups excluding tert-OH is 1. The maximum atomic E-state index is 9.64. The highest BCUT2D eigenvalue weighted by Crippen LogP contribution is 2.26. The smallest absolute Gasteiger partial charge is 0.0628 e. The van der Waals surface area contributed by atoms with Crippen LogP contribution >= 0.6 is 0 Å². The number of aryl methyl sites for hydroxylation is 1. The Bertz CT molecular complexity index is 388. The number of nitrogens with zero attached hydrogens (tertiary/aromatic N) is 2. The highest BCUT2D eigenvalue weighted by atomic mass is 16.3. The number of likely N-dealkylation sites (tertiary alicyclic amines) is 1. The predicted octanol–water partition coefficient (Wildman–Crippen LogP) is 1.49. The van der Waals surface area contributed by atoms with Crippen LogP contribution in [0.5, 0.6) is 0 Å². The molecule has 1 N–H and O–H groups in total. The van der Waals surface area contributed by atoms with E-state index in [1.54, 1.807) is 0 Å². The van der Waals surface area contributed by atoms with Gasteiger partial charge in [-0.05, 0) is 33.0 Å². The van der Waals surface area contributed by atoms with Gasteiger partial charge in [0.15, 0.2) is 0 Å². The van der Waals surface area contributed by atoms with Gasteiger partial charge in [-0.2, -0.15) is 0 Å². The largest absolute Gasteiger partial charge is 0.394 e. The average molecular weight is 248 g/mol. The van der Waals surface area contributed by atoms with Crippen LogP contribution < -0.4 is 0 Å². The second-order valence-electron chi connectivity index (χ2n) is 5.72. The summed E-state index contributed by atoms with van der Waals surface area (Å²) in [5, 5.41) is 9.64. The fourth-order valence-corrected chi connectivity index (χ4v) is 2.66. The Labute approximate surface area is 110 Å². The molecule has 0 bridgehead atoms. The van der Waals surface area contributed by atoms with Gasteiger partial charge in [0.25, 0.3) is 0 Å². The van der Waals surface area contributed by atoms with Gasteiger partial charge in [-0.15, -0.1) is 0 Å². The van der Waals surface area contributed by atoms with Crippen molar-refractivity contribution in [2.24, 2.45) is 0 Å². The first-order valence-corrected chi connectivity index (χ1v) is 6.62. The number of hydrogen-bond donors (Lipinski definition) is 1. The summed E-state index contributed by atoms with van der Waals surface area (Å²) in [5.41, 5.74) is 2.61. The van der Waals surface area contributed by atoms with E-state index in [1.807, 2.05) is 0 Å². The predicted molar refractivity (Wildman–Crippen MR) is 74.6 cm³/mol. The Morgan fingerprint density at radius 2 is 1.94 bits per heavy atom. The lowest BCUT2D eigenvalue weighted by Crippen LogP contribution is -2.49.